The minimum absolute atomic E-state index is 0.000423. The molecule has 1 aliphatic carbocycles. The number of hydrogen-bond donors (Lipinski definition) is 1. The maximum Gasteiger partial charge on any atom is 0.573 e. The van der Waals surface area contributed by atoms with Crippen molar-refractivity contribution in [2.24, 2.45) is 0 Å². The molecule has 2 atom stereocenters. The summed E-state index contributed by atoms with van der Waals surface area (Å²) in [5.74, 6) is -1.06. The molecule has 1 N–H and O–H groups in total. The van der Waals surface area contributed by atoms with Gasteiger partial charge >= 0.3 is 12.3 Å². The molecule has 0 saturated heterocycles. The standard InChI is InChI=1S/C30H27ClF3NO5S/c1-29(2,3)40-28(37)22-14-13-21(17-9-10-17)25(26(22)31)27(36)24-15-18-11-12-19(39-30(32,33)34)16-23(18)35(24)41(38)20-7-5-4-6-8-20/h4-8,11-17,27,36H,9-10H2,1-3H3. The number of halogens is 4. The summed E-state index contributed by atoms with van der Waals surface area (Å²) in [6.07, 6.45) is -4.69. The predicted octanol–water partition coefficient (Wildman–Crippen LogP) is 7.68. The van der Waals surface area contributed by atoms with Crippen LogP contribution in [0.15, 0.2) is 71.6 Å². The second kappa shape index (κ2) is 10.8. The van der Waals surface area contributed by atoms with Gasteiger partial charge in [-0.25, -0.2) is 9.00 Å². The Kier molecular flexibility index (Phi) is 7.69. The Labute approximate surface area is 242 Å². The van der Waals surface area contributed by atoms with E-state index in [4.69, 9.17) is 16.3 Å². The molecular weight excluding hydrogens is 579 g/mol. The number of esters is 1. The van der Waals surface area contributed by atoms with E-state index in [0.29, 0.717) is 10.3 Å². The highest BCUT2D eigenvalue weighted by atomic mass is 35.5. The summed E-state index contributed by atoms with van der Waals surface area (Å²) in [6, 6.07) is 16.8. The van der Waals surface area contributed by atoms with Crippen molar-refractivity contribution in [3.63, 3.8) is 0 Å². The van der Waals surface area contributed by atoms with Crippen LogP contribution in [0, 0.1) is 0 Å². The Morgan fingerprint density at radius 3 is 2.34 bits per heavy atom. The van der Waals surface area contributed by atoms with Crippen LogP contribution in [0.4, 0.5) is 13.2 Å². The van der Waals surface area contributed by atoms with Gasteiger partial charge in [-0.1, -0.05) is 35.9 Å². The van der Waals surface area contributed by atoms with E-state index < -0.39 is 40.8 Å². The molecule has 11 heteroatoms. The highest BCUT2D eigenvalue weighted by Crippen LogP contribution is 2.47. The number of carbonyl (C=O) groups excluding carboxylic acids is 1. The molecule has 0 amide bonds. The molecule has 1 aromatic heterocycles. The maximum atomic E-state index is 13.9. The van der Waals surface area contributed by atoms with E-state index in [2.05, 4.69) is 4.74 Å². The van der Waals surface area contributed by atoms with Gasteiger partial charge in [0.15, 0.2) is 11.0 Å². The molecule has 1 fully saturated rings. The van der Waals surface area contributed by atoms with Crippen LogP contribution in [0.1, 0.15) is 72.8 Å². The van der Waals surface area contributed by atoms with Crippen LogP contribution < -0.4 is 4.74 Å². The summed E-state index contributed by atoms with van der Waals surface area (Å²) in [5, 5.41) is 12.3. The summed E-state index contributed by atoms with van der Waals surface area (Å²) < 4.78 is 63.9. The summed E-state index contributed by atoms with van der Waals surface area (Å²) in [7, 11) is -1.98. The molecule has 3 aromatic carbocycles. The lowest BCUT2D eigenvalue weighted by atomic mass is 9.94. The molecule has 2 unspecified atom stereocenters. The van der Waals surface area contributed by atoms with E-state index in [-0.39, 0.29) is 33.3 Å². The van der Waals surface area contributed by atoms with Crippen LogP contribution in [0.2, 0.25) is 5.02 Å². The monoisotopic (exact) mass is 605 g/mol. The van der Waals surface area contributed by atoms with E-state index >= 15 is 0 Å². The van der Waals surface area contributed by atoms with E-state index in [1.807, 2.05) is 0 Å². The van der Waals surface area contributed by atoms with Crippen molar-refractivity contribution in [2.75, 3.05) is 0 Å². The summed E-state index contributed by atoms with van der Waals surface area (Å²) in [6.45, 7) is 5.17. The lowest BCUT2D eigenvalue weighted by Gasteiger charge is -2.23. The zero-order valence-corrected chi connectivity index (χ0v) is 23.9. The van der Waals surface area contributed by atoms with E-state index in [1.54, 1.807) is 69.3 Å². The van der Waals surface area contributed by atoms with Gasteiger partial charge in [-0.2, -0.15) is 0 Å². The summed E-state index contributed by atoms with van der Waals surface area (Å²) >= 11 is 6.81. The number of fused-ring (bicyclic) bond motifs is 1. The number of aliphatic hydroxyl groups is 1. The Morgan fingerprint density at radius 1 is 1.05 bits per heavy atom. The SMILES string of the molecule is CC(C)(C)OC(=O)c1ccc(C2CC2)c(C(O)c2cc3ccc(OC(F)(F)F)cc3n2S(=O)c2ccccc2)c1Cl. The number of nitrogens with zero attached hydrogens (tertiary/aromatic N) is 1. The van der Waals surface area contributed by atoms with E-state index in [0.717, 1.165) is 30.5 Å². The number of aliphatic hydroxyl groups excluding tert-OH is 1. The molecule has 0 aliphatic heterocycles. The van der Waals surface area contributed by atoms with Crippen LogP contribution in [0.25, 0.3) is 10.9 Å². The minimum Gasteiger partial charge on any atom is -0.456 e. The molecule has 216 valence electrons. The normalized spacial score (nSPS) is 15.5. The molecule has 1 heterocycles. The van der Waals surface area contributed by atoms with Crippen molar-refractivity contribution in [1.29, 1.82) is 0 Å². The summed E-state index contributed by atoms with van der Waals surface area (Å²) in [5.41, 5.74) is 0.542. The number of hydrogen-bond acceptors (Lipinski definition) is 5. The first-order chi connectivity index (χ1) is 19.2. The van der Waals surface area contributed by atoms with Crippen LogP contribution >= 0.6 is 11.6 Å². The Bertz CT molecular complexity index is 1640. The average Bonchev–Trinajstić information content (AvgIpc) is 3.66. The second-order valence-corrected chi connectivity index (χ2v) is 12.5. The first-order valence-electron chi connectivity index (χ1n) is 12.9. The highest BCUT2D eigenvalue weighted by Gasteiger charge is 2.35. The third-order valence-corrected chi connectivity index (χ3v) is 8.33. The fraction of sp³-hybridized carbons (Fsp3) is 0.300. The maximum absolute atomic E-state index is 13.9. The van der Waals surface area contributed by atoms with Gasteiger partial charge in [0.2, 0.25) is 0 Å². The summed E-state index contributed by atoms with van der Waals surface area (Å²) in [4.78, 5) is 13.4. The average molecular weight is 606 g/mol. The molecule has 0 spiro atoms. The molecule has 6 nitrogen and oxygen atoms in total. The lowest BCUT2D eigenvalue weighted by molar-refractivity contribution is -0.274. The van der Waals surface area contributed by atoms with Crippen molar-refractivity contribution < 1.29 is 36.8 Å². The third-order valence-electron chi connectivity index (χ3n) is 6.51. The molecule has 41 heavy (non-hydrogen) atoms. The zero-order valence-electron chi connectivity index (χ0n) is 22.4. The first-order valence-corrected chi connectivity index (χ1v) is 14.3. The number of aromatic nitrogens is 1. The van der Waals surface area contributed by atoms with Crippen LogP contribution in [0.3, 0.4) is 0 Å². The quantitative estimate of drug-likeness (QED) is 0.219. The molecule has 1 saturated carbocycles. The van der Waals surface area contributed by atoms with Crippen molar-refractivity contribution in [3.8, 4) is 5.75 Å². The zero-order chi connectivity index (χ0) is 29.7. The van der Waals surface area contributed by atoms with Gasteiger partial charge in [-0.3, -0.25) is 3.97 Å². The molecule has 1 aliphatic rings. The number of ether oxygens (including phenoxy) is 2. The van der Waals surface area contributed by atoms with Crippen LogP contribution in [-0.4, -0.2) is 31.2 Å². The number of carbonyl (C=O) groups is 1. The third kappa shape index (κ3) is 6.29. The number of rotatable bonds is 7. The van der Waals surface area contributed by atoms with Gasteiger partial charge in [0.05, 0.1) is 26.7 Å². The second-order valence-electron chi connectivity index (χ2n) is 10.8. The molecular formula is C30H27ClF3NO5S. The van der Waals surface area contributed by atoms with E-state index in [9.17, 15) is 27.3 Å². The van der Waals surface area contributed by atoms with Crippen molar-refractivity contribution in [1.82, 2.24) is 3.97 Å². The Hall–Kier alpha value is -3.34. The Morgan fingerprint density at radius 2 is 1.73 bits per heavy atom. The predicted molar refractivity (Wildman–Crippen MR) is 150 cm³/mol. The van der Waals surface area contributed by atoms with Gasteiger partial charge in [0.1, 0.15) is 17.5 Å². The van der Waals surface area contributed by atoms with Crippen molar-refractivity contribution >= 4 is 39.5 Å². The largest absolute Gasteiger partial charge is 0.573 e. The van der Waals surface area contributed by atoms with Gasteiger partial charge < -0.3 is 14.6 Å². The first kappa shape index (κ1) is 29.2. The van der Waals surface area contributed by atoms with Crippen LogP contribution in [0.5, 0.6) is 5.75 Å². The number of alkyl halides is 3. The molecule has 4 aromatic rings. The highest BCUT2D eigenvalue weighted by molar-refractivity contribution is 7.83. The van der Waals surface area contributed by atoms with Crippen molar-refractivity contribution in [2.45, 2.75) is 62.5 Å². The lowest BCUT2D eigenvalue weighted by Crippen LogP contribution is -2.24. The topological polar surface area (TPSA) is 77.8 Å². The number of benzene rings is 3. The molecule has 0 radical (unpaired) electrons. The minimum atomic E-state index is -4.93. The fourth-order valence-corrected chi connectivity index (χ4v) is 6.30. The van der Waals surface area contributed by atoms with Crippen LogP contribution in [-0.2, 0) is 15.7 Å². The van der Waals surface area contributed by atoms with Crippen molar-refractivity contribution in [3.05, 3.63) is 94.1 Å². The van der Waals surface area contributed by atoms with Gasteiger partial charge in [-0.15, -0.1) is 13.2 Å². The Balaban J connectivity index is 1.70. The van der Waals surface area contributed by atoms with Gasteiger partial charge in [0, 0.05) is 17.0 Å². The van der Waals surface area contributed by atoms with Gasteiger partial charge in [-0.05, 0) is 81.5 Å². The van der Waals surface area contributed by atoms with E-state index in [1.165, 1.54) is 10.0 Å². The molecule has 0 bridgehead atoms. The van der Waals surface area contributed by atoms with Gasteiger partial charge in [0.25, 0.3) is 0 Å². The molecule has 5 rings (SSSR count). The fourth-order valence-electron chi connectivity index (χ4n) is 4.67. The smallest absolute Gasteiger partial charge is 0.456 e.